The Morgan fingerprint density at radius 1 is 1.33 bits per heavy atom. The van der Waals surface area contributed by atoms with E-state index in [1.165, 1.54) is 6.07 Å². The third kappa shape index (κ3) is 3.67. The minimum absolute atomic E-state index is 0.0272. The number of nitrogen functional groups attached to an aromatic ring is 1. The van der Waals surface area contributed by atoms with E-state index < -0.39 is 4.92 Å². The summed E-state index contributed by atoms with van der Waals surface area (Å²) in [5.41, 5.74) is 4.12. The van der Waals surface area contributed by atoms with Crippen LogP contribution in [0.25, 0.3) is 0 Å². The van der Waals surface area contributed by atoms with Crippen molar-refractivity contribution in [2.24, 2.45) is 5.84 Å². The van der Waals surface area contributed by atoms with Crippen molar-refractivity contribution in [1.29, 1.82) is 0 Å². The molecule has 110 valence electrons. The van der Waals surface area contributed by atoms with Gasteiger partial charge in [-0.3, -0.25) is 10.1 Å². The van der Waals surface area contributed by atoms with Gasteiger partial charge in [-0.05, 0) is 35.7 Å². The summed E-state index contributed by atoms with van der Waals surface area (Å²) in [4.78, 5) is 14.6. The molecule has 0 unspecified atom stereocenters. The Balaban J connectivity index is 2.17. The smallest absolute Gasteiger partial charge is 0.311 e. The zero-order chi connectivity index (χ0) is 15.2. The number of nitro groups is 1. The van der Waals surface area contributed by atoms with E-state index in [1.807, 2.05) is 13.0 Å². The van der Waals surface area contributed by atoms with Crippen LogP contribution in [0.3, 0.4) is 0 Å². The molecule has 0 radical (unpaired) electrons. The number of nitro benzene ring substituents is 1. The van der Waals surface area contributed by atoms with Crippen LogP contribution in [0.2, 0.25) is 0 Å². The molecule has 0 saturated carbocycles. The zero-order valence-electron chi connectivity index (χ0n) is 11.6. The molecular formula is C14H16N4O3. The van der Waals surface area contributed by atoms with Crippen LogP contribution in [0.5, 0.6) is 5.75 Å². The van der Waals surface area contributed by atoms with Gasteiger partial charge < -0.3 is 10.2 Å². The molecule has 3 N–H and O–H groups in total. The molecule has 21 heavy (non-hydrogen) atoms. The Kier molecular flexibility index (Phi) is 4.68. The van der Waals surface area contributed by atoms with E-state index in [2.05, 4.69) is 10.4 Å². The maximum Gasteiger partial charge on any atom is 0.311 e. The summed E-state index contributed by atoms with van der Waals surface area (Å²) in [5.74, 6) is 6.03. The first-order valence-corrected chi connectivity index (χ1v) is 6.45. The SMILES string of the molecule is CCc1ccc(OCc2ccnc(NN)c2)c([N+](=O)[O-])c1. The normalized spacial score (nSPS) is 10.2. The van der Waals surface area contributed by atoms with Crippen molar-refractivity contribution in [2.75, 3.05) is 5.43 Å². The molecule has 0 aliphatic carbocycles. The summed E-state index contributed by atoms with van der Waals surface area (Å²) in [7, 11) is 0. The van der Waals surface area contributed by atoms with Gasteiger partial charge in [0.05, 0.1) is 4.92 Å². The van der Waals surface area contributed by atoms with Crippen molar-refractivity contribution in [1.82, 2.24) is 4.98 Å². The first-order valence-electron chi connectivity index (χ1n) is 6.45. The number of pyridine rings is 1. The number of hydrazine groups is 1. The molecule has 0 atom stereocenters. The molecule has 7 nitrogen and oxygen atoms in total. The summed E-state index contributed by atoms with van der Waals surface area (Å²) in [5, 5.41) is 11.1. The maximum absolute atomic E-state index is 11.1. The summed E-state index contributed by atoms with van der Waals surface area (Å²) >= 11 is 0. The van der Waals surface area contributed by atoms with Gasteiger partial charge in [0.25, 0.3) is 0 Å². The third-order valence-electron chi connectivity index (χ3n) is 2.99. The number of nitrogens with zero attached hydrogens (tertiary/aromatic N) is 2. The van der Waals surface area contributed by atoms with Crippen molar-refractivity contribution in [3.63, 3.8) is 0 Å². The van der Waals surface area contributed by atoms with Crippen LogP contribution in [0.4, 0.5) is 11.5 Å². The highest BCUT2D eigenvalue weighted by Crippen LogP contribution is 2.29. The highest BCUT2D eigenvalue weighted by atomic mass is 16.6. The first kappa shape index (κ1) is 14.7. The van der Waals surface area contributed by atoms with Gasteiger partial charge in [0, 0.05) is 12.3 Å². The summed E-state index contributed by atoms with van der Waals surface area (Å²) in [6.45, 7) is 2.14. The number of aryl methyl sites for hydroxylation is 1. The molecule has 0 fully saturated rings. The van der Waals surface area contributed by atoms with Gasteiger partial charge in [0.2, 0.25) is 0 Å². The van der Waals surface area contributed by atoms with Crippen molar-refractivity contribution in [2.45, 2.75) is 20.0 Å². The molecule has 0 aliphatic heterocycles. The number of hydrogen-bond acceptors (Lipinski definition) is 6. The number of nitrogens with two attached hydrogens (primary N) is 1. The molecule has 0 spiro atoms. The molecule has 1 aromatic carbocycles. The Labute approximate surface area is 121 Å². The molecule has 0 aliphatic rings. The van der Waals surface area contributed by atoms with Crippen LogP contribution in [0.1, 0.15) is 18.1 Å². The van der Waals surface area contributed by atoms with E-state index in [0.29, 0.717) is 5.82 Å². The quantitative estimate of drug-likeness (QED) is 0.480. The predicted octanol–water partition coefficient (Wildman–Crippen LogP) is 2.42. The van der Waals surface area contributed by atoms with Gasteiger partial charge in [0.1, 0.15) is 12.4 Å². The Hall–Kier alpha value is -2.67. The van der Waals surface area contributed by atoms with E-state index in [4.69, 9.17) is 10.6 Å². The van der Waals surface area contributed by atoms with Crippen molar-refractivity contribution >= 4 is 11.5 Å². The lowest BCUT2D eigenvalue weighted by Crippen LogP contribution is -2.09. The van der Waals surface area contributed by atoms with Crippen LogP contribution in [0, 0.1) is 10.1 Å². The standard InChI is InChI=1S/C14H16N4O3/c1-2-10-3-4-13(12(7-10)18(19)20)21-9-11-5-6-16-14(8-11)17-15/h3-8H,2,9,15H2,1H3,(H,16,17). The van der Waals surface area contributed by atoms with Gasteiger partial charge in [0.15, 0.2) is 5.75 Å². The topological polar surface area (TPSA) is 103 Å². The number of ether oxygens (including phenoxy) is 1. The monoisotopic (exact) mass is 288 g/mol. The fraction of sp³-hybridized carbons (Fsp3) is 0.214. The molecule has 7 heteroatoms. The van der Waals surface area contributed by atoms with Crippen LogP contribution in [0.15, 0.2) is 36.5 Å². The Morgan fingerprint density at radius 3 is 2.81 bits per heavy atom. The summed E-state index contributed by atoms with van der Waals surface area (Å²) in [6, 6.07) is 8.45. The maximum atomic E-state index is 11.1. The van der Waals surface area contributed by atoms with Crippen molar-refractivity contribution in [3.05, 3.63) is 57.8 Å². The molecule has 0 bridgehead atoms. The van der Waals surface area contributed by atoms with E-state index in [-0.39, 0.29) is 18.0 Å². The number of hydrogen-bond donors (Lipinski definition) is 2. The molecule has 0 amide bonds. The molecular weight excluding hydrogens is 272 g/mol. The lowest BCUT2D eigenvalue weighted by Gasteiger charge is -2.08. The van der Waals surface area contributed by atoms with Gasteiger partial charge in [-0.25, -0.2) is 10.8 Å². The fourth-order valence-electron chi connectivity index (χ4n) is 1.85. The Bertz CT molecular complexity index is 646. The van der Waals surface area contributed by atoms with Crippen molar-refractivity contribution < 1.29 is 9.66 Å². The van der Waals surface area contributed by atoms with Gasteiger partial charge in [-0.15, -0.1) is 0 Å². The Morgan fingerprint density at radius 2 is 2.14 bits per heavy atom. The van der Waals surface area contributed by atoms with Crippen LogP contribution in [-0.4, -0.2) is 9.91 Å². The number of anilines is 1. The second kappa shape index (κ2) is 6.67. The highest BCUT2D eigenvalue weighted by molar-refractivity contribution is 5.49. The molecule has 0 saturated heterocycles. The van der Waals surface area contributed by atoms with Gasteiger partial charge in [-0.2, -0.15) is 0 Å². The second-order valence-electron chi connectivity index (χ2n) is 4.40. The average Bonchev–Trinajstić information content (AvgIpc) is 2.52. The minimum atomic E-state index is -0.437. The van der Waals surface area contributed by atoms with E-state index in [1.54, 1.807) is 24.4 Å². The van der Waals surface area contributed by atoms with Crippen LogP contribution < -0.4 is 16.0 Å². The number of nitrogens with one attached hydrogen (secondary N) is 1. The molecule has 2 aromatic rings. The van der Waals surface area contributed by atoms with E-state index in [9.17, 15) is 10.1 Å². The zero-order valence-corrected chi connectivity index (χ0v) is 11.6. The molecule has 1 aromatic heterocycles. The molecule has 1 heterocycles. The van der Waals surface area contributed by atoms with Gasteiger partial charge >= 0.3 is 5.69 Å². The summed E-state index contributed by atoms with van der Waals surface area (Å²) in [6.07, 6.45) is 2.32. The predicted molar refractivity (Wildman–Crippen MR) is 78.9 cm³/mol. The number of benzene rings is 1. The van der Waals surface area contributed by atoms with Crippen molar-refractivity contribution in [3.8, 4) is 5.75 Å². The van der Waals surface area contributed by atoms with Gasteiger partial charge in [-0.1, -0.05) is 13.0 Å². The second-order valence-corrected chi connectivity index (χ2v) is 4.40. The van der Waals surface area contributed by atoms with E-state index in [0.717, 1.165) is 17.5 Å². The largest absolute Gasteiger partial charge is 0.482 e. The third-order valence-corrected chi connectivity index (χ3v) is 2.99. The first-order chi connectivity index (χ1) is 10.1. The summed E-state index contributed by atoms with van der Waals surface area (Å²) < 4.78 is 5.55. The molecule has 2 rings (SSSR count). The van der Waals surface area contributed by atoms with Crippen LogP contribution >= 0.6 is 0 Å². The van der Waals surface area contributed by atoms with E-state index >= 15 is 0 Å². The highest BCUT2D eigenvalue weighted by Gasteiger charge is 2.15. The number of rotatable bonds is 6. The average molecular weight is 288 g/mol. The fourth-order valence-corrected chi connectivity index (χ4v) is 1.85. The lowest BCUT2D eigenvalue weighted by molar-refractivity contribution is -0.386. The minimum Gasteiger partial charge on any atom is -0.482 e. The lowest BCUT2D eigenvalue weighted by atomic mass is 10.1. The number of aromatic nitrogens is 1. The van der Waals surface area contributed by atoms with Crippen LogP contribution in [-0.2, 0) is 13.0 Å².